The van der Waals surface area contributed by atoms with Crippen LogP contribution in [-0.2, 0) is 16.7 Å². The van der Waals surface area contributed by atoms with Crippen LogP contribution in [-0.4, -0.2) is 36.0 Å². The SMILES string of the molecule is COCCCOc1cc2c(cc1-c1ccc(C)o1)-c1cc(=O)c(C(=O)O)cn1[C@@](C)(C(C)(C)C)C2. The van der Waals surface area contributed by atoms with Gasteiger partial charge in [-0.05, 0) is 55.5 Å². The van der Waals surface area contributed by atoms with Crippen molar-refractivity contribution in [2.75, 3.05) is 20.3 Å². The first-order valence-corrected chi connectivity index (χ1v) is 11.8. The van der Waals surface area contributed by atoms with Crippen molar-refractivity contribution in [2.45, 2.75) is 53.0 Å². The zero-order chi connectivity index (χ0) is 25.5. The number of aromatic carboxylic acids is 1. The minimum absolute atomic E-state index is 0.229. The van der Waals surface area contributed by atoms with E-state index in [0.29, 0.717) is 36.8 Å². The lowest BCUT2D eigenvalue weighted by Gasteiger charge is -2.48. The molecule has 0 spiro atoms. The van der Waals surface area contributed by atoms with E-state index in [0.717, 1.165) is 28.9 Å². The summed E-state index contributed by atoms with van der Waals surface area (Å²) < 4.78 is 19.3. The first-order chi connectivity index (χ1) is 16.5. The monoisotopic (exact) mass is 479 g/mol. The number of fused-ring (bicyclic) bond motifs is 3. The molecule has 3 heterocycles. The molecule has 2 aromatic heterocycles. The largest absolute Gasteiger partial charge is 0.493 e. The maximum atomic E-state index is 12.8. The number of carbonyl (C=O) groups is 1. The fourth-order valence-corrected chi connectivity index (χ4v) is 4.68. The summed E-state index contributed by atoms with van der Waals surface area (Å²) >= 11 is 0. The first kappa shape index (κ1) is 24.8. The summed E-state index contributed by atoms with van der Waals surface area (Å²) in [5, 5.41) is 9.64. The van der Waals surface area contributed by atoms with Gasteiger partial charge in [-0.25, -0.2) is 4.79 Å². The van der Waals surface area contributed by atoms with Crippen molar-refractivity contribution >= 4 is 5.97 Å². The number of benzene rings is 1. The zero-order valence-electron chi connectivity index (χ0n) is 21.2. The van der Waals surface area contributed by atoms with Gasteiger partial charge in [-0.1, -0.05) is 20.8 Å². The predicted octanol–water partition coefficient (Wildman–Crippen LogP) is 5.51. The van der Waals surface area contributed by atoms with Gasteiger partial charge in [-0.3, -0.25) is 4.79 Å². The Kier molecular flexibility index (Phi) is 6.40. The van der Waals surface area contributed by atoms with E-state index in [2.05, 4.69) is 27.7 Å². The van der Waals surface area contributed by atoms with E-state index in [9.17, 15) is 14.7 Å². The molecule has 1 aliphatic heterocycles. The zero-order valence-corrected chi connectivity index (χ0v) is 21.2. The van der Waals surface area contributed by atoms with Gasteiger partial charge in [-0.2, -0.15) is 0 Å². The number of rotatable bonds is 7. The lowest BCUT2D eigenvalue weighted by molar-refractivity contribution is 0.0689. The summed E-state index contributed by atoms with van der Waals surface area (Å²) in [4.78, 5) is 24.6. The number of methoxy groups -OCH3 is 1. The highest BCUT2D eigenvalue weighted by atomic mass is 16.5. The van der Waals surface area contributed by atoms with Gasteiger partial charge in [0.25, 0.3) is 0 Å². The van der Waals surface area contributed by atoms with Crippen LogP contribution in [0.1, 0.15) is 55.8 Å². The van der Waals surface area contributed by atoms with Gasteiger partial charge < -0.3 is 23.6 Å². The summed E-state index contributed by atoms with van der Waals surface area (Å²) in [7, 11) is 1.67. The van der Waals surface area contributed by atoms with Gasteiger partial charge >= 0.3 is 5.97 Å². The third kappa shape index (κ3) is 4.41. The summed E-state index contributed by atoms with van der Waals surface area (Å²) in [6.07, 6.45) is 2.90. The van der Waals surface area contributed by atoms with Crippen LogP contribution in [0.2, 0.25) is 0 Å². The second kappa shape index (κ2) is 9.04. The Morgan fingerprint density at radius 3 is 2.51 bits per heavy atom. The Labute approximate surface area is 205 Å². The van der Waals surface area contributed by atoms with Crippen LogP contribution in [0.4, 0.5) is 0 Å². The molecule has 0 fully saturated rings. The summed E-state index contributed by atoms with van der Waals surface area (Å²) in [6.45, 7) is 11.5. The number of ether oxygens (including phenoxy) is 2. The molecule has 4 rings (SSSR count). The highest BCUT2D eigenvalue weighted by Gasteiger charge is 2.44. The number of aryl methyl sites for hydroxylation is 1. The lowest BCUT2D eigenvalue weighted by Crippen LogP contribution is -2.48. The molecule has 0 saturated carbocycles. The highest BCUT2D eigenvalue weighted by Crippen LogP contribution is 2.49. The number of nitrogens with zero attached hydrogens (tertiary/aromatic N) is 1. The summed E-state index contributed by atoms with van der Waals surface area (Å²) in [6, 6.07) is 9.28. The van der Waals surface area contributed by atoms with Crippen molar-refractivity contribution < 1.29 is 23.8 Å². The van der Waals surface area contributed by atoms with Crippen molar-refractivity contribution in [2.24, 2.45) is 5.41 Å². The topological polar surface area (TPSA) is 90.9 Å². The molecule has 3 aromatic rings. The molecular weight excluding hydrogens is 446 g/mol. The third-order valence-electron chi connectivity index (χ3n) is 7.20. The number of hydrogen-bond acceptors (Lipinski definition) is 5. The molecule has 0 aliphatic carbocycles. The van der Waals surface area contributed by atoms with Gasteiger partial charge in [-0.15, -0.1) is 0 Å². The summed E-state index contributed by atoms with van der Waals surface area (Å²) in [5.41, 5.74) is 1.93. The molecule has 1 aromatic carbocycles. The van der Waals surface area contributed by atoms with Crippen LogP contribution in [0.5, 0.6) is 5.75 Å². The first-order valence-electron chi connectivity index (χ1n) is 11.8. The van der Waals surface area contributed by atoms with Crippen LogP contribution in [0, 0.1) is 12.3 Å². The van der Waals surface area contributed by atoms with Crippen molar-refractivity contribution in [3.8, 4) is 28.3 Å². The van der Waals surface area contributed by atoms with Crippen LogP contribution in [0.15, 0.2) is 45.7 Å². The Hall–Kier alpha value is -3.32. The fraction of sp³-hybridized carbons (Fsp3) is 0.429. The molecule has 7 nitrogen and oxygen atoms in total. The van der Waals surface area contributed by atoms with Crippen LogP contribution >= 0.6 is 0 Å². The molecule has 0 saturated heterocycles. The smallest absolute Gasteiger partial charge is 0.341 e. The number of hydrogen-bond donors (Lipinski definition) is 1. The van der Waals surface area contributed by atoms with Crippen molar-refractivity contribution in [3.63, 3.8) is 0 Å². The predicted molar refractivity (Wildman–Crippen MR) is 134 cm³/mol. The number of carboxylic acids is 1. The van der Waals surface area contributed by atoms with Crippen molar-refractivity contribution in [1.29, 1.82) is 0 Å². The van der Waals surface area contributed by atoms with Crippen LogP contribution in [0.3, 0.4) is 0 Å². The Bertz CT molecular complexity index is 1330. The molecular formula is C28H33NO6. The molecule has 7 heteroatoms. The normalized spacial score (nSPS) is 17.1. The molecule has 0 amide bonds. The second-order valence-electron chi connectivity index (χ2n) is 10.4. The standard InChI is InChI=1S/C28H33NO6/c1-17-8-9-24(35-17)20-13-19-18(12-25(20)34-11-7-10-33-6)15-28(5,27(2,3)4)29-16-21(26(31)32)23(30)14-22(19)29/h8-9,12-14,16H,7,10-11,15H2,1-6H3,(H,31,32)/t28-/m1/s1. The number of pyridine rings is 1. The van der Waals surface area contributed by atoms with Gasteiger partial charge in [0.2, 0.25) is 0 Å². The Balaban J connectivity index is 1.96. The molecule has 1 aliphatic rings. The average Bonchev–Trinajstić information content (AvgIpc) is 3.21. The summed E-state index contributed by atoms with van der Waals surface area (Å²) in [5.74, 6) is 0.945. The maximum Gasteiger partial charge on any atom is 0.341 e. The van der Waals surface area contributed by atoms with E-state index in [1.807, 2.05) is 35.8 Å². The number of furan rings is 1. The minimum Gasteiger partial charge on any atom is -0.493 e. The van der Waals surface area contributed by atoms with Gasteiger partial charge in [0.05, 0.1) is 23.4 Å². The van der Waals surface area contributed by atoms with Gasteiger partial charge in [0.1, 0.15) is 22.8 Å². The van der Waals surface area contributed by atoms with Gasteiger partial charge in [0.15, 0.2) is 5.43 Å². The van der Waals surface area contributed by atoms with Crippen LogP contribution < -0.4 is 10.2 Å². The van der Waals surface area contributed by atoms with E-state index in [-0.39, 0.29) is 11.0 Å². The Morgan fingerprint density at radius 2 is 1.91 bits per heavy atom. The Morgan fingerprint density at radius 1 is 1.17 bits per heavy atom. The highest BCUT2D eigenvalue weighted by molar-refractivity contribution is 5.88. The van der Waals surface area contributed by atoms with Crippen molar-refractivity contribution in [3.05, 3.63) is 63.6 Å². The molecule has 1 N–H and O–H groups in total. The average molecular weight is 480 g/mol. The fourth-order valence-electron chi connectivity index (χ4n) is 4.68. The van der Waals surface area contributed by atoms with Gasteiger partial charge in [0, 0.05) is 38.0 Å². The molecule has 0 unspecified atom stereocenters. The maximum absolute atomic E-state index is 12.8. The van der Waals surface area contributed by atoms with E-state index in [4.69, 9.17) is 13.9 Å². The van der Waals surface area contributed by atoms with Crippen molar-refractivity contribution in [1.82, 2.24) is 4.57 Å². The lowest BCUT2D eigenvalue weighted by atomic mass is 9.68. The van der Waals surface area contributed by atoms with E-state index in [1.54, 1.807) is 7.11 Å². The quantitative estimate of drug-likeness (QED) is 0.449. The number of carboxylic acid groups (broad SMARTS) is 1. The molecule has 1 atom stereocenters. The second-order valence-corrected chi connectivity index (χ2v) is 10.4. The number of aromatic nitrogens is 1. The molecule has 0 bridgehead atoms. The van der Waals surface area contributed by atoms with E-state index < -0.39 is 16.9 Å². The minimum atomic E-state index is -1.22. The van der Waals surface area contributed by atoms with Crippen LogP contribution in [0.25, 0.3) is 22.6 Å². The molecule has 186 valence electrons. The van der Waals surface area contributed by atoms with E-state index in [1.165, 1.54) is 12.3 Å². The molecule has 35 heavy (non-hydrogen) atoms. The molecule has 0 radical (unpaired) electrons. The van der Waals surface area contributed by atoms with E-state index >= 15 is 0 Å². The third-order valence-corrected chi connectivity index (χ3v) is 7.20.